The minimum atomic E-state index is -4.50. The molecule has 1 aliphatic carbocycles. The molecule has 0 radical (unpaired) electrons. The van der Waals surface area contributed by atoms with Gasteiger partial charge in [-0.2, -0.15) is 13.2 Å². The van der Waals surface area contributed by atoms with Crippen LogP contribution < -0.4 is 15.5 Å². The summed E-state index contributed by atoms with van der Waals surface area (Å²) in [5.41, 5.74) is 0.713. The fraction of sp³-hybridized carbons (Fsp3) is 0.435. The van der Waals surface area contributed by atoms with Gasteiger partial charge in [-0.05, 0) is 49.4 Å². The third kappa shape index (κ3) is 5.96. The summed E-state index contributed by atoms with van der Waals surface area (Å²) in [6.45, 7) is 1.29. The number of benzene rings is 1. The lowest BCUT2D eigenvalue weighted by atomic mass is 9.95. The molecular formula is C23H24ClF3N4O2. The van der Waals surface area contributed by atoms with Crippen LogP contribution in [0.3, 0.4) is 0 Å². The highest BCUT2D eigenvalue weighted by Gasteiger charge is 2.33. The minimum absolute atomic E-state index is 0.0329. The molecule has 0 spiro atoms. The molecule has 0 bridgehead atoms. The summed E-state index contributed by atoms with van der Waals surface area (Å²) < 4.78 is 38.4. The molecule has 176 valence electrons. The van der Waals surface area contributed by atoms with Crippen molar-refractivity contribution in [1.82, 2.24) is 10.3 Å². The smallest absolute Gasteiger partial charge is 0.355 e. The van der Waals surface area contributed by atoms with Crippen molar-refractivity contribution in [1.29, 1.82) is 0 Å². The third-order valence-corrected chi connectivity index (χ3v) is 6.20. The number of carbonyl (C=O) groups is 2. The number of nitrogens with zero attached hydrogens (tertiary/aromatic N) is 2. The Morgan fingerprint density at radius 1 is 1.06 bits per heavy atom. The number of hydrogen-bond acceptors (Lipinski definition) is 4. The Labute approximate surface area is 194 Å². The Hall–Kier alpha value is -2.81. The van der Waals surface area contributed by atoms with Crippen LogP contribution in [0.1, 0.15) is 36.8 Å². The largest absolute Gasteiger partial charge is 0.417 e. The van der Waals surface area contributed by atoms with E-state index in [1.54, 1.807) is 4.90 Å². The van der Waals surface area contributed by atoms with Crippen molar-refractivity contribution in [2.45, 2.75) is 38.4 Å². The number of hydrogen-bond donors (Lipinski definition) is 2. The van der Waals surface area contributed by atoms with E-state index in [1.807, 2.05) is 24.3 Å². The van der Waals surface area contributed by atoms with E-state index in [2.05, 4.69) is 15.6 Å². The van der Waals surface area contributed by atoms with E-state index in [9.17, 15) is 22.8 Å². The number of carbonyl (C=O) groups excluding carboxylic acids is 2. The van der Waals surface area contributed by atoms with Gasteiger partial charge in [0.05, 0.1) is 10.6 Å². The number of halogens is 4. The maximum atomic E-state index is 12.8. The lowest BCUT2D eigenvalue weighted by Gasteiger charge is -2.32. The molecular weight excluding hydrogens is 457 g/mol. The van der Waals surface area contributed by atoms with Crippen molar-refractivity contribution in [3.05, 3.63) is 52.7 Å². The highest BCUT2D eigenvalue weighted by molar-refractivity contribution is 6.33. The van der Waals surface area contributed by atoms with Gasteiger partial charge >= 0.3 is 6.18 Å². The molecule has 1 saturated carbocycles. The van der Waals surface area contributed by atoms with Crippen LogP contribution in [-0.4, -0.2) is 29.9 Å². The molecule has 2 heterocycles. The summed E-state index contributed by atoms with van der Waals surface area (Å²) in [7, 11) is 0. The summed E-state index contributed by atoms with van der Waals surface area (Å²) in [5, 5.41) is 5.78. The SMILES string of the molecule is O=C(NCc1cccc(NC(=O)C2CC2)c1)C1CCN(c2ncc(C(F)(F)F)cc2Cl)CC1. The number of amides is 2. The lowest BCUT2D eigenvalue weighted by Crippen LogP contribution is -2.40. The first kappa shape index (κ1) is 23.4. The van der Waals surface area contributed by atoms with Crippen LogP contribution >= 0.6 is 11.6 Å². The average Bonchev–Trinajstić information content (AvgIpc) is 3.63. The number of rotatable bonds is 6. The molecule has 6 nitrogen and oxygen atoms in total. The molecule has 4 rings (SSSR count). The molecule has 2 amide bonds. The first-order chi connectivity index (χ1) is 15.7. The van der Waals surface area contributed by atoms with Crippen molar-refractivity contribution < 1.29 is 22.8 Å². The second-order valence-electron chi connectivity index (χ2n) is 8.47. The monoisotopic (exact) mass is 480 g/mol. The molecule has 10 heteroatoms. The van der Waals surface area contributed by atoms with Gasteiger partial charge in [-0.3, -0.25) is 9.59 Å². The Kier molecular flexibility index (Phi) is 6.78. The highest BCUT2D eigenvalue weighted by atomic mass is 35.5. The van der Waals surface area contributed by atoms with Crippen LogP contribution in [0.15, 0.2) is 36.5 Å². The number of aromatic nitrogens is 1. The lowest BCUT2D eigenvalue weighted by molar-refractivity contribution is -0.137. The summed E-state index contributed by atoms with van der Waals surface area (Å²) in [6, 6.07) is 8.27. The molecule has 33 heavy (non-hydrogen) atoms. The van der Waals surface area contributed by atoms with Crippen LogP contribution in [0.5, 0.6) is 0 Å². The van der Waals surface area contributed by atoms with Crippen LogP contribution in [0, 0.1) is 11.8 Å². The van der Waals surface area contributed by atoms with E-state index in [0.717, 1.165) is 30.7 Å². The fourth-order valence-electron chi connectivity index (χ4n) is 3.85. The highest BCUT2D eigenvalue weighted by Crippen LogP contribution is 2.34. The van der Waals surface area contributed by atoms with Crippen LogP contribution in [0.2, 0.25) is 5.02 Å². The van der Waals surface area contributed by atoms with E-state index >= 15 is 0 Å². The molecule has 2 fully saturated rings. The van der Waals surface area contributed by atoms with Crippen molar-refractivity contribution in [3.63, 3.8) is 0 Å². The van der Waals surface area contributed by atoms with E-state index in [0.29, 0.717) is 44.0 Å². The van der Waals surface area contributed by atoms with Crippen molar-refractivity contribution >= 4 is 34.9 Å². The van der Waals surface area contributed by atoms with Gasteiger partial charge in [0, 0.05) is 43.4 Å². The molecule has 2 aromatic rings. The van der Waals surface area contributed by atoms with Gasteiger partial charge in [0.15, 0.2) is 0 Å². The molecule has 0 atom stereocenters. The second-order valence-corrected chi connectivity index (χ2v) is 8.88. The van der Waals surface area contributed by atoms with E-state index in [1.165, 1.54) is 0 Å². The molecule has 2 N–H and O–H groups in total. The zero-order valence-corrected chi connectivity index (χ0v) is 18.5. The zero-order valence-electron chi connectivity index (χ0n) is 17.8. The Bertz CT molecular complexity index is 1030. The quantitative estimate of drug-likeness (QED) is 0.632. The topological polar surface area (TPSA) is 74.3 Å². The minimum Gasteiger partial charge on any atom is -0.355 e. The summed E-state index contributed by atoms with van der Waals surface area (Å²) in [5.74, 6) is 0.173. The Morgan fingerprint density at radius 3 is 2.39 bits per heavy atom. The van der Waals surface area contributed by atoms with Gasteiger partial charge in [-0.15, -0.1) is 0 Å². The molecule has 1 aromatic heterocycles. The fourth-order valence-corrected chi connectivity index (χ4v) is 4.14. The van der Waals surface area contributed by atoms with E-state index in [4.69, 9.17) is 11.6 Å². The average molecular weight is 481 g/mol. The maximum absolute atomic E-state index is 12.8. The van der Waals surface area contributed by atoms with Crippen LogP contribution in [0.25, 0.3) is 0 Å². The Morgan fingerprint density at radius 2 is 1.76 bits per heavy atom. The van der Waals surface area contributed by atoms with Gasteiger partial charge in [0.2, 0.25) is 11.8 Å². The molecule has 2 aliphatic rings. The second kappa shape index (κ2) is 9.59. The molecule has 0 unspecified atom stereocenters. The van der Waals surface area contributed by atoms with Crippen LogP contribution in [-0.2, 0) is 22.3 Å². The first-order valence-corrected chi connectivity index (χ1v) is 11.2. The normalized spacial score (nSPS) is 17.0. The van der Waals surface area contributed by atoms with Gasteiger partial charge in [-0.1, -0.05) is 23.7 Å². The molecule has 1 aromatic carbocycles. The summed E-state index contributed by atoms with van der Waals surface area (Å²) in [6.07, 6.45) is -0.766. The van der Waals surface area contributed by atoms with Crippen molar-refractivity contribution in [2.75, 3.05) is 23.3 Å². The third-order valence-electron chi connectivity index (χ3n) is 5.92. The molecule has 1 aliphatic heterocycles. The summed E-state index contributed by atoms with van der Waals surface area (Å²) >= 11 is 6.04. The first-order valence-electron chi connectivity index (χ1n) is 10.9. The van der Waals surface area contributed by atoms with Crippen molar-refractivity contribution in [2.24, 2.45) is 11.8 Å². The maximum Gasteiger partial charge on any atom is 0.417 e. The standard InChI is InChI=1S/C23H24ClF3N4O2/c24-19-11-17(23(25,26)27)13-28-20(19)31-8-6-16(7-9-31)21(32)29-12-14-2-1-3-18(10-14)30-22(33)15-4-5-15/h1-3,10-11,13,15-16H,4-9,12H2,(H,29,32)(H,30,33). The van der Waals surface area contributed by atoms with Crippen molar-refractivity contribution in [3.8, 4) is 0 Å². The van der Waals surface area contributed by atoms with Gasteiger partial charge in [-0.25, -0.2) is 4.98 Å². The van der Waals surface area contributed by atoms with Gasteiger partial charge in [0.1, 0.15) is 5.82 Å². The Balaban J connectivity index is 1.27. The number of pyridine rings is 1. The van der Waals surface area contributed by atoms with E-state index < -0.39 is 11.7 Å². The molecule has 1 saturated heterocycles. The predicted octanol–water partition coefficient (Wildman–Crippen LogP) is 4.64. The number of alkyl halides is 3. The van der Waals surface area contributed by atoms with Gasteiger partial charge < -0.3 is 15.5 Å². The number of piperidine rings is 1. The summed E-state index contributed by atoms with van der Waals surface area (Å²) in [4.78, 5) is 30.3. The number of nitrogens with one attached hydrogen (secondary N) is 2. The van der Waals surface area contributed by atoms with Gasteiger partial charge in [0.25, 0.3) is 0 Å². The predicted molar refractivity (Wildman–Crippen MR) is 119 cm³/mol. The zero-order chi connectivity index (χ0) is 23.6. The van der Waals surface area contributed by atoms with Crippen LogP contribution in [0.4, 0.5) is 24.7 Å². The number of anilines is 2. The van der Waals surface area contributed by atoms with E-state index in [-0.39, 0.29) is 28.7 Å².